The number of aliphatic hydroxyl groups excluding tert-OH is 1. The van der Waals surface area contributed by atoms with Gasteiger partial charge in [-0.05, 0) is 37.4 Å². The molecule has 2 nitrogen and oxygen atoms in total. The summed E-state index contributed by atoms with van der Waals surface area (Å²) in [5.41, 5.74) is -0.0759. The fraction of sp³-hybridized carbons (Fsp3) is 0.733. The highest BCUT2D eigenvalue weighted by molar-refractivity contribution is 7.09. The largest absolute Gasteiger partial charge is 0.391 e. The zero-order valence-electron chi connectivity index (χ0n) is 12.1. The van der Waals surface area contributed by atoms with Crippen LogP contribution in [0.3, 0.4) is 0 Å². The summed E-state index contributed by atoms with van der Waals surface area (Å²) in [4.78, 5) is 3.70. The summed E-state index contributed by atoms with van der Waals surface area (Å²) in [6.07, 6.45) is 2.48. The first-order chi connectivity index (χ1) is 8.64. The topological polar surface area (TPSA) is 23.5 Å². The smallest absolute Gasteiger partial charge is 0.0771 e. The van der Waals surface area contributed by atoms with Crippen LogP contribution in [0.5, 0.6) is 0 Å². The Balaban J connectivity index is 2.88. The van der Waals surface area contributed by atoms with E-state index in [-0.39, 0.29) is 11.6 Å². The van der Waals surface area contributed by atoms with Crippen molar-refractivity contribution in [1.82, 2.24) is 4.90 Å². The van der Waals surface area contributed by atoms with Crippen molar-refractivity contribution in [3.8, 4) is 0 Å². The van der Waals surface area contributed by atoms with E-state index in [1.807, 2.05) is 0 Å². The van der Waals surface area contributed by atoms with Crippen molar-refractivity contribution in [2.24, 2.45) is 0 Å². The van der Waals surface area contributed by atoms with Crippen LogP contribution < -0.4 is 0 Å². The SMILES string of the molecule is CCN(CC)C(CC)(CC)C(O)Cc1cccs1. The predicted molar refractivity (Wildman–Crippen MR) is 80.3 cm³/mol. The quantitative estimate of drug-likeness (QED) is 0.780. The molecule has 0 spiro atoms. The fourth-order valence-corrected chi connectivity index (χ4v) is 3.79. The summed E-state index contributed by atoms with van der Waals surface area (Å²) in [5, 5.41) is 12.8. The molecule has 1 rings (SSSR count). The number of hydrogen-bond donors (Lipinski definition) is 1. The van der Waals surface area contributed by atoms with Crippen LogP contribution in [0.15, 0.2) is 17.5 Å². The zero-order chi connectivity index (χ0) is 13.6. The van der Waals surface area contributed by atoms with Gasteiger partial charge in [0.2, 0.25) is 0 Å². The summed E-state index contributed by atoms with van der Waals surface area (Å²) >= 11 is 1.74. The van der Waals surface area contributed by atoms with Gasteiger partial charge in [-0.1, -0.05) is 33.8 Å². The van der Waals surface area contributed by atoms with E-state index in [0.717, 1.165) is 32.4 Å². The molecule has 1 atom stereocenters. The molecule has 0 amide bonds. The maximum absolute atomic E-state index is 10.7. The molecule has 0 aromatic carbocycles. The van der Waals surface area contributed by atoms with Crippen LogP contribution in [0.2, 0.25) is 0 Å². The van der Waals surface area contributed by atoms with Crippen molar-refractivity contribution in [2.45, 2.75) is 58.6 Å². The third-order valence-electron chi connectivity index (χ3n) is 4.21. The number of likely N-dealkylation sites (N-methyl/N-ethyl adjacent to an activating group) is 1. The van der Waals surface area contributed by atoms with E-state index in [4.69, 9.17) is 0 Å². The minimum Gasteiger partial charge on any atom is -0.391 e. The number of thiophene rings is 1. The molecule has 3 heteroatoms. The van der Waals surface area contributed by atoms with E-state index in [1.165, 1.54) is 4.88 Å². The van der Waals surface area contributed by atoms with Gasteiger partial charge in [-0.25, -0.2) is 0 Å². The van der Waals surface area contributed by atoms with Gasteiger partial charge in [-0.3, -0.25) is 4.90 Å². The van der Waals surface area contributed by atoms with E-state index in [0.29, 0.717) is 0 Å². The number of hydrogen-bond acceptors (Lipinski definition) is 3. The third-order valence-corrected chi connectivity index (χ3v) is 5.11. The molecule has 0 aliphatic heterocycles. The van der Waals surface area contributed by atoms with Crippen LogP contribution in [0.25, 0.3) is 0 Å². The second-order valence-corrected chi connectivity index (χ2v) is 5.81. The van der Waals surface area contributed by atoms with Gasteiger partial charge in [0.25, 0.3) is 0 Å². The van der Waals surface area contributed by atoms with E-state index >= 15 is 0 Å². The Kier molecular flexibility index (Phi) is 6.33. The molecule has 0 fully saturated rings. The lowest BCUT2D eigenvalue weighted by Crippen LogP contribution is -2.56. The molecular weight excluding hydrogens is 242 g/mol. The highest BCUT2D eigenvalue weighted by Gasteiger charge is 2.38. The maximum Gasteiger partial charge on any atom is 0.0771 e. The Morgan fingerprint density at radius 2 is 1.83 bits per heavy atom. The van der Waals surface area contributed by atoms with Crippen LogP contribution in [-0.4, -0.2) is 34.7 Å². The van der Waals surface area contributed by atoms with Crippen molar-refractivity contribution >= 4 is 11.3 Å². The summed E-state index contributed by atoms with van der Waals surface area (Å²) < 4.78 is 0. The average molecular weight is 269 g/mol. The molecule has 1 heterocycles. The standard InChI is InChI=1S/C15H27NOS/c1-5-15(6-2,16(7-3)8-4)14(17)12-13-10-9-11-18-13/h9-11,14,17H,5-8,12H2,1-4H3. The molecule has 18 heavy (non-hydrogen) atoms. The van der Waals surface area contributed by atoms with Gasteiger partial charge in [0.05, 0.1) is 6.10 Å². The van der Waals surface area contributed by atoms with Gasteiger partial charge in [-0.2, -0.15) is 0 Å². The predicted octanol–water partition coefficient (Wildman–Crippen LogP) is 3.55. The van der Waals surface area contributed by atoms with Crippen molar-refractivity contribution in [3.63, 3.8) is 0 Å². The average Bonchev–Trinajstić information content (AvgIpc) is 2.88. The van der Waals surface area contributed by atoms with Crippen molar-refractivity contribution in [3.05, 3.63) is 22.4 Å². The summed E-state index contributed by atoms with van der Waals surface area (Å²) in [7, 11) is 0. The lowest BCUT2D eigenvalue weighted by molar-refractivity contribution is -0.0337. The van der Waals surface area contributed by atoms with Gasteiger partial charge in [0, 0.05) is 16.8 Å². The van der Waals surface area contributed by atoms with Gasteiger partial charge < -0.3 is 5.11 Å². The minimum atomic E-state index is -0.286. The Morgan fingerprint density at radius 3 is 2.22 bits per heavy atom. The second kappa shape index (κ2) is 7.27. The highest BCUT2D eigenvalue weighted by atomic mass is 32.1. The molecule has 1 aromatic heterocycles. The first-order valence-corrected chi connectivity index (χ1v) is 7.98. The first kappa shape index (κ1) is 15.7. The highest BCUT2D eigenvalue weighted by Crippen LogP contribution is 2.30. The van der Waals surface area contributed by atoms with Gasteiger partial charge in [0.15, 0.2) is 0 Å². The Morgan fingerprint density at radius 1 is 1.22 bits per heavy atom. The van der Waals surface area contributed by atoms with Crippen LogP contribution >= 0.6 is 11.3 Å². The second-order valence-electron chi connectivity index (χ2n) is 4.78. The van der Waals surface area contributed by atoms with Gasteiger partial charge in [-0.15, -0.1) is 11.3 Å². The first-order valence-electron chi connectivity index (χ1n) is 7.10. The molecule has 0 radical (unpaired) electrons. The molecule has 0 saturated heterocycles. The monoisotopic (exact) mass is 269 g/mol. The van der Waals surface area contributed by atoms with E-state index in [1.54, 1.807) is 11.3 Å². The maximum atomic E-state index is 10.7. The molecule has 0 bridgehead atoms. The molecule has 0 saturated carbocycles. The molecule has 0 aliphatic carbocycles. The lowest BCUT2D eigenvalue weighted by atomic mass is 9.82. The number of aliphatic hydroxyl groups is 1. The van der Waals surface area contributed by atoms with Gasteiger partial charge in [0.1, 0.15) is 0 Å². The Hall–Kier alpha value is -0.380. The molecule has 0 aliphatic rings. The van der Waals surface area contributed by atoms with Crippen molar-refractivity contribution < 1.29 is 5.11 Å². The van der Waals surface area contributed by atoms with E-state index in [9.17, 15) is 5.11 Å². The Bertz CT molecular complexity index is 315. The van der Waals surface area contributed by atoms with Gasteiger partial charge >= 0.3 is 0 Å². The van der Waals surface area contributed by atoms with Crippen LogP contribution in [0, 0.1) is 0 Å². The van der Waals surface area contributed by atoms with Crippen LogP contribution in [0.1, 0.15) is 45.4 Å². The third kappa shape index (κ3) is 3.14. The number of rotatable bonds is 8. The molecular formula is C15H27NOS. The number of nitrogens with zero attached hydrogens (tertiary/aromatic N) is 1. The summed E-state index contributed by atoms with van der Waals surface area (Å²) in [5.74, 6) is 0. The lowest BCUT2D eigenvalue weighted by Gasteiger charge is -2.45. The summed E-state index contributed by atoms with van der Waals surface area (Å²) in [6.45, 7) is 10.8. The molecule has 1 N–H and O–H groups in total. The van der Waals surface area contributed by atoms with Crippen LogP contribution in [0.4, 0.5) is 0 Å². The minimum absolute atomic E-state index is 0.0759. The molecule has 1 aromatic rings. The molecule has 104 valence electrons. The summed E-state index contributed by atoms with van der Waals surface area (Å²) in [6, 6.07) is 4.18. The fourth-order valence-electron chi connectivity index (χ4n) is 3.04. The van der Waals surface area contributed by atoms with E-state index in [2.05, 4.69) is 50.1 Å². The molecule has 1 unspecified atom stereocenters. The normalized spacial score (nSPS) is 14.1. The van der Waals surface area contributed by atoms with Crippen molar-refractivity contribution in [1.29, 1.82) is 0 Å². The van der Waals surface area contributed by atoms with Crippen LogP contribution in [-0.2, 0) is 6.42 Å². The van der Waals surface area contributed by atoms with E-state index < -0.39 is 0 Å². The van der Waals surface area contributed by atoms with Crippen molar-refractivity contribution in [2.75, 3.05) is 13.1 Å². The Labute approximate surface area is 116 Å². The zero-order valence-corrected chi connectivity index (χ0v) is 13.0.